The van der Waals surface area contributed by atoms with Gasteiger partial charge in [0, 0.05) is 6.42 Å². The van der Waals surface area contributed by atoms with Gasteiger partial charge in [-0.15, -0.1) is 11.3 Å². The van der Waals surface area contributed by atoms with E-state index >= 15 is 0 Å². The fourth-order valence-corrected chi connectivity index (χ4v) is 1.99. The molecule has 0 aliphatic heterocycles. The summed E-state index contributed by atoms with van der Waals surface area (Å²) in [6, 6.07) is -0.376. The molecule has 0 saturated heterocycles. The minimum Gasteiger partial charge on any atom is -0.370 e. The quantitative estimate of drug-likeness (QED) is 0.831. The Bertz CT molecular complexity index is 288. The number of nitrogens with two attached hydrogens (primary N) is 2. The maximum Gasteiger partial charge on any atom is 0.219 e. The molecule has 0 spiro atoms. The van der Waals surface area contributed by atoms with E-state index in [0.29, 0.717) is 0 Å². The Labute approximate surface area is 82.1 Å². The number of hydrogen-bond acceptors (Lipinski definition) is 4. The van der Waals surface area contributed by atoms with E-state index in [2.05, 4.69) is 20.9 Å². The summed E-state index contributed by atoms with van der Waals surface area (Å²) in [6.45, 7) is 0. The van der Waals surface area contributed by atoms with Gasteiger partial charge in [-0.3, -0.25) is 4.79 Å². The van der Waals surface area contributed by atoms with Gasteiger partial charge in [-0.25, -0.2) is 4.98 Å². The zero-order valence-corrected chi connectivity index (χ0v) is 8.56. The first-order valence-electron chi connectivity index (χ1n) is 3.24. The molecule has 1 heterocycles. The number of hydrogen-bond donors (Lipinski definition) is 2. The molecule has 4 N–H and O–H groups in total. The number of nitrogens with zero attached hydrogens (tertiary/aromatic N) is 1. The van der Waals surface area contributed by atoms with Gasteiger partial charge < -0.3 is 11.5 Å². The molecule has 0 aliphatic rings. The van der Waals surface area contributed by atoms with E-state index in [1.54, 1.807) is 6.20 Å². The third kappa shape index (κ3) is 2.54. The van der Waals surface area contributed by atoms with Crippen LogP contribution in [0.5, 0.6) is 0 Å². The molecule has 66 valence electrons. The Morgan fingerprint density at radius 3 is 2.92 bits per heavy atom. The summed E-state index contributed by atoms with van der Waals surface area (Å²) < 4.78 is 0.900. The molecule has 0 aromatic carbocycles. The summed E-state index contributed by atoms with van der Waals surface area (Å²) in [5.74, 6) is -0.408. The van der Waals surface area contributed by atoms with Gasteiger partial charge in [-0.05, 0) is 15.9 Å². The summed E-state index contributed by atoms with van der Waals surface area (Å²) in [6.07, 6.45) is 1.79. The number of primary amides is 1. The number of amides is 1. The van der Waals surface area contributed by atoms with Crippen molar-refractivity contribution in [2.24, 2.45) is 11.5 Å². The Kier molecular flexibility index (Phi) is 3.19. The lowest BCUT2D eigenvalue weighted by molar-refractivity contribution is -0.118. The maximum absolute atomic E-state index is 10.5. The Morgan fingerprint density at radius 2 is 2.50 bits per heavy atom. The molecule has 1 aromatic heterocycles. The second-order valence-corrected chi connectivity index (χ2v) is 4.72. The van der Waals surface area contributed by atoms with E-state index in [1.807, 2.05) is 0 Å². The van der Waals surface area contributed by atoms with Crippen LogP contribution in [-0.4, -0.2) is 10.9 Å². The average molecular weight is 250 g/mol. The highest BCUT2D eigenvalue weighted by Gasteiger charge is 2.12. The molecule has 0 aliphatic carbocycles. The number of aromatic nitrogens is 1. The molecular weight excluding hydrogens is 242 g/mol. The van der Waals surface area contributed by atoms with Crippen LogP contribution in [-0.2, 0) is 4.79 Å². The molecule has 1 atom stereocenters. The van der Waals surface area contributed by atoms with E-state index < -0.39 is 5.91 Å². The van der Waals surface area contributed by atoms with Crippen LogP contribution < -0.4 is 11.5 Å². The van der Waals surface area contributed by atoms with E-state index in [4.69, 9.17) is 11.5 Å². The fourth-order valence-electron chi connectivity index (χ4n) is 0.742. The molecule has 4 nitrogen and oxygen atoms in total. The zero-order chi connectivity index (χ0) is 9.14. The van der Waals surface area contributed by atoms with Gasteiger partial charge in [0.25, 0.3) is 0 Å². The van der Waals surface area contributed by atoms with Crippen molar-refractivity contribution in [1.82, 2.24) is 4.98 Å². The second kappa shape index (κ2) is 3.97. The van der Waals surface area contributed by atoms with E-state index in [0.717, 1.165) is 8.79 Å². The molecular formula is C6H8BrN3OS. The minimum atomic E-state index is -0.408. The molecule has 0 radical (unpaired) electrons. The molecule has 1 aromatic rings. The van der Waals surface area contributed by atoms with Gasteiger partial charge in [0.1, 0.15) is 5.01 Å². The third-order valence-electron chi connectivity index (χ3n) is 1.23. The van der Waals surface area contributed by atoms with Crippen LogP contribution in [0.4, 0.5) is 0 Å². The maximum atomic E-state index is 10.5. The molecule has 0 fully saturated rings. The number of carbonyl (C=O) groups is 1. The normalized spacial score (nSPS) is 12.8. The largest absolute Gasteiger partial charge is 0.370 e. The van der Waals surface area contributed by atoms with Crippen LogP contribution in [0, 0.1) is 0 Å². The van der Waals surface area contributed by atoms with Gasteiger partial charge in [-0.1, -0.05) is 0 Å². The Morgan fingerprint density at radius 1 is 1.83 bits per heavy atom. The first-order chi connectivity index (χ1) is 5.59. The Hall–Kier alpha value is -0.460. The first-order valence-corrected chi connectivity index (χ1v) is 4.85. The number of rotatable bonds is 3. The smallest absolute Gasteiger partial charge is 0.219 e. The van der Waals surface area contributed by atoms with Crippen LogP contribution in [0.3, 0.4) is 0 Å². The standard InChI is InChI=1S/C6H8BrN3OS/c7-4-2-10-6(12-4)3(8)1-5(9)11/h2-3H,1,8H2,(H2,9,11)/t3-/m0/s1. The highest BCUT2D eigenvalue weighted by Crippen LogP contribution is 2.24. The lowest BCUT2D eigenvalue weighted by Crippen LogP contribution is -2.20. The van der Waals surface area contributed by atoms with Crippen LogP contribution >= 0.6 is 27.3 Å². The van der Waals surface area contributed by atoms with Crippen molar-refractivity contribution in [3.63, 3.8) is 0 Å². The summed E-state index contributed by atoms with van der Waals surface area (Å²) in [5.41, 5.74) is 10.6. The van der Waals surface area contributed by atoms with Crippen LogP contribution in [0.2, 0.25) is 0 Å². The van der Waals surface area contributed by atoms with E-state index in [1.165, 1.54) is 11.3 Å². The van der Waals surface area contributed by atoms with Crippen molar-refractivity contribution in [2.45, 2.75) is 12.5 Å². The molecule has 1 rings (SSSR count). The predicted octanol–water partition coefficient (Wildman–Crippen LogP) is 0.781. The van der Waals surface area contributed by atoms with Crippen LogP contribution in [0.1, 0.15) is 17.5 Å². The highest BCUT2D eigenvalue weighted by molar-refractivity contribution is 9.11. The second-order valence-electron chi connectivity index (χ2n) is 2.28. The van der Waals surface area contributed by atoms with Gasteiger partial charge >= 0.3 is 0 Å². The van der Waals surface area contributed by atoms with Gasteiger partial charge in [0.15, 0.2) is 0 Å². The third-order valence-corrected chi connectivity index (χ3v) is 2.84. The predicted molar refractivity (Wildman–Crippen MR) is 50.6 cm³/mol. The monoisotopic (exact) mass is 249 g/mol. The summed E-state index contributed by atoms with van der Waals surface area (Å²) >= 11 is 4.66. The van der Waals surface area contributed by atoms with Crippen LogP contribution in [0.15, 0.2) is 9.98 Å². The number of halogens is 1. The molecule has 0 bridgehead atoms. The van der Waals surface area contributed by atoms with E-state index in [9.17, 15) is 4.79 Å². The van der Waals surface area contributed by atoms with Gasteiger partial charge in [0.05, 0.1) is 16.0 Å². The topological polar surface area (TPSA) is 82.0 Å². The van der Waals surface area contributed by atoms with Crippen molar-refractivity contribution >= 4 is 33.2 Å². The van der Waals surface area contributed by atoms with Crippen molar-refractivity contribution in [3.8, 4) is 0 Å². The molecule has 12 heavy (non-hydrogen) atoms. The zero-order valence-electron chi connectivity index (χ0n) is 6.16. The van der Waals surface area contributed by atoms with E-state index in [-0.39, 0.29) is 12.5 Å². The summed E-state index contributed by atoms with van der Waals surface area (Å²) in [4.78, 5) is 14.5. The first kappa shape index (κ1) is 9.63. The SMILES string of the molecule is NC(=O)C[C@H](N)c1ncc(Br)s1. The lowest BCUT2D eigenvalue weighted by Gasteiger charge is -2.03. The van der Waals surface area contributed by atoms with Crippen molar-refractivity contribution in [1.29, 1.82) is 0 Å². The minimum absolute atomic E-state index is 0.139. The highest BCUT2D eigenvalue weighted by atomic mass is 79.9. The Balaban J connectivity index is 2.64. The molecule has 0 unspecified atom stereocenters. The summed E-state index contributed by atoms with van der Waals surface area (Å²) in [5, 5.41) is 0.723. The molecule has 6 heteroatoms. The number of thiazole rings is 1. The van der Waals surface area contributed by atoms with Crippen molar-refractivity contribution < 1.29 is 4.79 Å². The van der Waals surface area contributed by atoms with Crippen molar-refractivity contribution in [2.75, 3.05) is 0 Å². The van der Waals surface area contributed by atoms with Gasteiger partial charge in [0.2, 0.25) is 5.91 Å². The van der Waals surface area contributed by atoms with Crippen molar-refractivity contribution in [3.05, 3.63) is 15.0 Å². The molecule has 0 saturated carbocycles. The average Bonchev–Trinajstić information content (AvgIpc) is 2.34. The van der Waals surface area contributed by atoms with Crippen LogP contribution in [0.25, 0.3) is 0 Å². The fraction of sp³-hybridized carbons (Fsp3) is 0.333. The van der Waals surface area contributed by atoms with Gasteiger partial charge in [-0.2, -0.15) is 0 Å². The lowest BCUT2D eigenvalue weighted by atomic mass is 10.2. The number of carbonyl (C=O) groups excluding carboxylic acids is 1. The summed E-state index contributed by atoms with van der Waals surface area (Å²) in [7, 11) is 0. The molecule has 1 amide bonds.